The minimum atomic E-state index is 1.26. The highest BCUT2D eigenvalue weighted by molar-refractivity contribution is 5.70. The largest absolute Gasteiger partial charge is 0.0683 e. The first-order valence-corrected chi connectivity index (χ1v) is 9.14. The molecule has 0 spiro atoms. The van der Waals surface area contributed by atoms with Crippen LogP contribution in [0.4, 0.5) is 0 Å². The zero-order valence-corrected chi connectivity index (χ0v) is 16.1. The van der Waals surface area contributed by atoms with Gasteiger partial charge in [-0.2, -0.15) is 0 Å². The molecule has 0 aromatic heterocycles. The summed E-state index contributed by atoms with van der Waals surface area (Å²) < 4.78 is 0. The Bertz CT molecular complexity index is 549. The van der Waals surface area contributed by atoms with E-state index in [0.29, 0.717) is 0 Å². The van der Waals surface area contributed by atoms with E-state index in [9.17, 15) is 0 Å². The molecule has 0 heteroatoms. The van der Waals surface area contributed by atoms with Gasteiger partial charge in [0.1, 0.15) is 0 Å². The zero-order chi connectivity index (χ0) is 18.2. The fourth-order valence-corrected chi connectivity index (χ4v) is 2.12. The van der Waals surface area contributed by atoms with Gasteiger partial charge in [0.05, 0.1) is 0 Å². The van der Waals surface area contributed by atoms with E-state index in [1.807, 2.05) is 53.7 Å². The van der Waals surface area contributed by atoms with Crippen molar-refractivity contribution in [2.75, 3.05) is 0 Å². The average molecular weight is 321 g/mol. The predicted octanol–water partition coefficient (Wildman–Crippen LogP) is 8.10. The molecular formula is C24H32. The lowest BCUT2D eigenvalue weighted by molar-refractivity contribution is 1.50. The molecular weight excluding hydrogens is 288 g/mol. The molecule has 0 N–H and O–H groups in total. The van der Waals surface area contributed by atoms with Crippen molar-refractivity contribution >= 4 is 0 Å². The van der Waals surface area contributed by atoms with Crippen LogP contribution < -0.4 is 0 Å². The van der Waals surface area contributed by atoms with Crippen molar-refractivity contribution in [2.24, 2.45) is 0 Å². The summed E-state index contributed by atoms with van der Waals surface area (Å²) in [6.07, 6.45) is 0. The van der Waals surface area contributed by atoms with Crippen molar-refractivity contribution < 1.29 is 0 Å². The first kappa shape index (κ1) is 21.7. The van der Waals surface area contributed by atoms with Crippen LogP contribution in [-0.2, 0) is 0 Å². The van der Waals surface area contributed by atoms with Gasteiger partial charge in [0.2, 0.25) is 0 Å². The van der Waals surface area contributed by atoms with E-state index in [4.69, 9.17) is 0 Å². The van der Waals surface area contributed by atoms with Gasteiger partial charge < -0.3 is 0 Å². The average Bonchev–Trinajstić information content (AvgIpc) is 2.74. The molecule has 0 unspecified atom stereocenters. The standard InChI is InChI=1S/C18H14.3C2H6/c1-3-7-15(8-4-1)17-11-13-18(14-12-17)16-9-5-2-6-10-16;3*1-2/h1-14H;3*1-2H3. The van der Waals surface area contributed by atoms with Crippen LogP contribution in [0.5, 0.6) is 0 Å². The van der Waals surface area contributed by atoms with Crippen molar-refractivity contribution in [1.82, 2.24) is 0 Å². The van der Waals surface area contributed by atoms with Crippen LogP contribution in [0.15, 0.2) is 84.9 Å². The quantitative estimate of drug-likeness (QED) is 0.447. The van der Waals surface area contributed by atoms with Gasteiger partial charge in [-0.15, -0.1) is 0 Å². The van der Waals surface area contributed by atoms with Crippen LogP contribution in [0.3, 0.4) is 0 Å². The van der Waals surface area contributed by atoms with Crippen LogP contribution in [0, 0.1) is 0 Å². The molecule has 0 aliphatic carbocycles. The maximum absolute atomic E-state index is 2.18. The molecule has 0 radical (unpaired) electrons. The molecule has 0 saturated heterocycles. The maximum Gasteiger partial charge on any atom is -0.0184 e. The third kappa shape index (κ3) is 6.83. The number of hydrogen-bond acceptors (Lipinski definition) is 0. The molecule has 0 aliphatic heterocycles. The van der Waals surface area contributed by atoms with E-state index in [-0.39, 0.29) is 0 Å². The zero-order valence-electron chi connectivity index (χ0n) is 16.1. The van der Waals surface area contributed by atoms with Gasteiger partial charge in [-0.25, -0.2) is 0 Å². The van der Waals surface area contributed by atoms with E-state index < -0.39 is 0 Å². The van der Waals surface area contributed by atoms with Gasteiger partial charge in [-0.05, 0) is 22.3 Å². The Balaban J connectivity index is 0.000000798. The lowest BCUT2D eigenvalue weighted by Gasteiger charge is -2.04. The van der Waals surface area contributed by atoms with Crippen LogP contribution >= 0.6 is 0 Å². The fraction of sp³-hybridized carbons (Fsp3) is 0.250. The van der Waals surface area contributed by atoms with Crippen LogP contribution in [0.1, 0.15) is 41.5 Å². The molecule has 0 bridgehead atoms. The summed E-state index contributed by atoms with van der Waals surface area (Å²) in [6.45, 7) is 12.0. The molecule has 24 heavy (non-hydrogen) atoms. The molecule has 3 rings (SSSR count). The monoisotopic (exact) mass is 320 g/mol. The summed E-state index contributed by atoms with van der Waals surface area (Å²) in [6, 6.07) is 29.6. The van der Waals surface area contributed by atoms with Gasteiger partial charge in [0, 0.05) is 0 Å². The summed E-state index contributed by atoms with van der Waals surface area (Å²) in [4.78, 5) is 0. The number of benzene rings is 3. The summed E-state index contributed by atoms with van der Waals surface area (Å²) in [5.41, 5.74) is 5.04. The third-order valence-corrected chi connectivity index (χ3v) is 3.10. The molecule has 3 aromatic carbocycles. The second-order valence-electron chi connectivity index (χ2n) is 4.31. The third-order valence-electron chi connectivity index (χ3n) is 3.10. The van der Waals surface area contributed by atoms with Crippen molar-refractivity contribution in [1.29, 1.82) is 0 Å². The van der Waals surface area contributed by atoms with Crippen LogP contribution in [0.2, 0.25) is 0 Å². The van der Waals surface area contributed by atoms with E-state index in [2.05, 4.69) is 72.8 Å². The predicted molar refractivity (Wildman–Crippen MR) is 111 cm³/mol. The second-order valence-corrected chi connectivity index (χ2v) is 4.31. The van der Waals surface area contributed by atoms with Gasteiger partial charge in [0.15, 0.2) is 0 Å². The molecule has 0 heterocycles. The first-order valence-electron chi connectivity index (χ1n) is 9.14. The van der Waals surface area contributed by atoms with Gasteiger partial charge >= 0.3 is 0 Å². The highest BCUT2D eigenvalue weighted by Gasteiger charge is 1.98. The molecule has 128 valence electrons. The van der Waals surface area contributed by atoms with Gasteiger partial charge in [-0.3, -0.25) is 0 Å². The molecule has 0 fully saturated rings. The molecule has 3 aromatic rings. The van der Waals surface area contributed by atoms with Crippen LogP contribution in [-0.4, -0.2) is 0 Å². The Labute approximate surface area is 149 Å². The smallest absolute Gasteiger partial charge is 0.0184 e. The minimum Gasteiger partial charge on any atom is -0.0683 e. The topological polar surface area (TPSA) is 0 Å². The molecule has 0 aliphatic rings. The van der Waals surface area contributed by atoms with Gasteiger partial charge in [0.25, 0.3) is 0 Å². The first-order chi connectivity index (χ1) is 11.9. The Hall–Kier alpha value is -2.34. The van der Waals surface area contributed by atoms with E-state index >= 15 is 0 Å². The Morgan fingerprint density at radius 1 is 0.292 bits per heavy atom. The molecule has 0 amide bonds. The SMILES string of the molecule is CC.CC.CC.c1ccc(-c2ccc(-c3ccccc3)cc2)cc1. The van der Waals surface area contributed by atoms with E-state index in [1.165, 1.54) is 22.3 Å². The summed E-state index contributed by atoms with van der Waals surface area (Å²) in [7, 11) is 0. The number of hydrogen-bond donors (Lipinski definition) is 0. The lowest BCUT2D eigenvalue weighted by Crippen LogP contribution is -1.79. The molecule has 0 saturated carbocycles. The van der Waals surface area contributed by atoms with Crippen molar-refractivity contribution in [3.63, 3.8) is 0 Å². The van der Waals surface area contributed by atoms with E-state index in [0.717, 1.165) is 0 Å². The Morgan fingerprint density at radius 3 is 0.750 bits per heavy atom. The van der Waals surface area contributed by atoms with Crippen molar-refractivity contribution in [2.45, 2.75) is 41.5 Å². The van der Waals surface area contributed by atoms with Crippen molar-refractivity contribution in [3.8, 4) is 22.3 Å². The highest BCUT2D eigenvalue weighted by Crippen LogP contribution is 2.24. The second kappa shape index (κ2) is 14.3. The number of rotatable bonds is 2. The van der Waals surface area contributed by atoms with E-state index in [1.54, 1.807) is 0 Å². The van der Waals surface area contributed by atoms with Crippen LogP contribution in [0.25, 0.3) is 22.3 Å². The van der Waals surface area contributed by atoms with Gasteiger partial charge in [-0.1, -0.05) is 126 Å². The molecule has 0 atom stereocenters. The Morgan fingerprint density at radius 2 is 0.500 bits per heavy atom. The normalized spacial score (nSPS) is 8.42. The fourth-order valence-electron chi connectivity index (χ4n) is 2.12. The summed E-state index contributed by atoms with van der Waals surface area (Å²) >= 11 is 0. The lowest BCUT2D eigenvalue weighted by atomic mass is 10.0. The Kier molecular flexibility index (Phi) is 12.9. The summed E-state index contributed by atoms with van der Waals surface area (Å²) in [5, 5.41) is 0. The van der Waals surface area contributed by atoms with Crippen molar-refractivity contribution in [3.05, 3.63) is 84.9 Å². The maximum atomic E-state index is 2.18. The highest BCUT2D eigenvalue weighted by atomic mass is 14.0. The summed E-state index contributed by atoms with van der Waals surface area (Å²) in [5.74, 6) is 0. The minimum absolute atomic E-state index is 1.26. The molecule has 0 nitrogen and oxygen atoms in total.